The number of sulfone groups is 1. The van der Waals surface area contributed by atoms with Crippen molar-refractivity contribution < 1.29 is 35.9 Å². The van der Waals surface area contributed by atoms with Gasteiger partial charge in [0.1, 0.15) is 23.5 Å². The van der Waals surface area contributed by atoms with Gasteiger partial charge in [0.2, 0.25) is 15.3 Å². The van der Waals surface area contributed by atoms with Gasteiger partial charge in [-0.25, -0.2) is 31.6 Å². The number of rotatable bonds is 5. The number of benzene rings is 1. The van der Waals surface area contributed by atoms with Crippen molar-refractivity contribution >= 4 is 44.0 Å². The first kappa shape index (κ1) is 28.1. The van der Waals surface area contributed by atoms with E-state index in [1.54, 1.807) is 18.5 Å². The summed E-state index contributed by atoms with van der Waals surface area (Å²) in [6, 6.07) is 9.00. The molecule has 1 atom stereocenters. The molecule has 228 valence electrons. The van der Waals surface area contributed by atoms with E-state index in [4.69, 9.17) is 14.5 Å². The summed E-state index contributed by atoms with van der Waals surface area (Å²) in [4.78, 5) is 29.7. The van der Waals surface area contributed by atoms with Gasteiger partial charge in [0.15, 0.2) is 23.1 Å². The lowest BCUT2D eigenvalue weighted by atomic mass is 10.1. The standard InChI is InChI=1S/C29H25F3N6O5S/c30-18-14-37(15-18)20-10-23-28(34-13-20)38(4-6-42-23)26-2-1-16-11-33-19(9-22(16)36-26)12-35-29(39)17-7-21(31)27-24(8-17)44(40,41)25(32)3-5-43-27/h1-2,7-11,13,18,25H,3-6,12,14-15H2,(H,35,39)/t25-/m1/s1. The van der Waals surface area contributed by atoms with Gasteiger partial charge in [0.05, 0.1) is 55.9 Å². The Labute approximate surface area is 249 Å². The number of fused-ring (bicyclic) bond motifs is 3. The smallest absolute Gasteiger partial charge is 0.251 e. The first-order chi connectivity index (χ1) is 21.2. The highest BCUT2D eigenvalue weighted by molar-refractivity contribution is 7.92. The third kappa shape index (κ3) is 5.00. The molecule has 44 heavy (non-hydrogen) atoms. The molecule has 15 heteroatoms. The number of anilines is 3. The minimum absolute atomic E-state index is 0.0741. The maximum absolute atomic E-state index is 14.7. The average Bonchev–Trinajstić information content (AvgIpc) is 3.12. The fourth-order valence-corrected chi connectivity index (χ4v) is 6.67. The summed E-state index contributed by atoms with van der Waals surface area (Å²) in [6.07, 6.45) is 2.00. The van der Waals surface area contributed by atoms with E-state index in [9.17, 15) is 26.4 Å². The van der Waals surface area contributed by atoms with Crippen molar-refractivity contribution in [2.45, 2.75) is 29.5 Å². The van der Waals surface area contributed by atoms with E-state index < -0.39 is 50.3 Å². The first-order valence-corrected chi connectivity index (χ1v) is 15.4. The zero-order valence-corrected chi connectivity index (χ0v) is 23.9. The first-order valence-electron chi connectivity index (χ1n) is 13.8. The Morgan fingerprint density at radius 1 is 1.05 bits per heavy atom. The quantitative estimate of drug-likeness (QED) is 0.351. The van der Waals surface area contributed by atoms with Crippen LogP contribution in [0, 0.1) is 5.82 Å². The molecule has 1 fully saturated rings. The molecular formula is C29H25F3N6O5S. The van der Waals surface area contributed by atoms with Crippen molar-refractivity contribution in [3.05, 3.63) is 65.9 Å². The highest BCUT2D eigenvalue weighted by Crippen LogP contribution is 2.38. The van der Waals surface area contributed by atoms with Crippen molar-refractivity contribution in [2.24, 2.45) is 0 Å². The van der Waals surface area contributed by atoms with Crippen LogP contribution in [0.3, 0.4) is 0 Å². The van der Waals surface area contributed by atoms with Crippen LogP contribution < -0.4 is 24.6 Å². The summed E-state index contributed by atoms with van der Waals surface area (Å²) in [5, 5.41) is 3.34. The number of amides is 1. The fourth-order valence-electron chi connectivity index (χ4n) is 5.28. The van der Waals surface area contributed by atoms with Crippen LogP contribution in [-0.4, -0.2) is 73.8 Å². The molecule has 6 heterocycles. The van der Waals surface area contributed by atoms with E-state index in [1.165, 1.54) is 0 Å². The van der Waals surface area contributed by atoms with Crippen LogP contribution in [0.2, 0.25) is 0 Å². The minimum Gasteiger partial charge on any atom is -0.489 e. The van der Waals surface area contributed by atoms with E-state index >= 15 is 0 Å². The highest BCUT2D eigenvalue weighted by Gasteiger charge is 2.36. The molecule has 3 aromatic heterocycles. The number of carbonyl (C=O) groups is 1. The number of ether oxygens (including phenoxy) is 2. The predicted octanol–water partition coefficient (Wildman–Crippen LogP) is 3.63. The van der Waals surface area contributed by atoms with Crippen molar-refractivity contribution in [1.82, 2.24) is 20.3 Å². The van der Waals surface area contributed by atoms with Gasteiger partial charge in [-0.15, -0.1) is 0 Å². The number of alkyl halides is 2. The lowest BCUT2D eigenvalue weighted by Crippen LogP contribution is -2.48. The summed E-state index contributed by atoms with van der Waals surface area (Å²) in [7, 11) is -4.53. The number of hydrogen-bond donors (Lipinski definition) is 1. The van der Waals surface area contributed by atoms with Crippen molar-refractivity contribution in [2.75, 3.05) is 42.6 Å². The molecule has 7 rings (SSSR count). The van der Waals surface area contributed by atoms with Crippen LogP contribution in [0.5, 0.6) is 11.5 Å². The third-order valence-corrected chi connectivity index (χ3v) is 9.50. The molecule has 0 saturated carbocycles. The van der Waals surface area contributed by atoms with Gasteiger partial charge in [0.25, 0.3) is 5.91 Å². The summed E-state index contributed by atoms with van der Waals surface area (Å²) in [6.45, 7) is 1.18. The highest BCUT2D eigenvalue weighted by atomic mass is 32.2. The molecule has 1 aromatic carbocycles. The third-order valence-electron chi connectivity index (χ3n) is 7.68. The number of pyridine rings is 3. The Balaban J connectivity index is 1.10. The Kier molecular flexibility index (Phi) is 6.91. The fraction of sp³-hybridized carbons (Fsp3) is 0.310. The van der Waals surface area contributed by atoms with Crippen molar-refractivity contribution in [3.8, 4) is 11.5 Å². The summed E-state index contributed by atoms with van der Waals surface area (Å²) in [5.41, 5.74) is -0.746. The van der Waals surface area contributed by atoms with E-state index in [0.29, 0.717) is 54.8 Å². The molecule has 0 radical (unpaired) electrons. The average molecular weight is 627 g/mol. The molecular weight excluding hydrogens is 601 g/mol. The van der Waals surface area contributed by atoms with Gasteiger partial charge in [-0.3, -0.25) is 9.78 Å². The molecule has 1 N–H and O–H groups in total. The number of nitrogens with zero attached hydrogens (tertiary/aromatic N) is 5. The second-order valence-corrected chi connectivity index (χ2v) is 12.7. The van der Waals surface area contributed by atoms with E-state index in [-0.39, 0.29) is 18.7 Å². The van der Waals surface area contributed by atoms with Crippen LogP contribution in [0.1, 0.15) is 22.5 Å². The monoisotopic (exact) mass is 626 g/mol. The summed E-state index contributed by atoms with van der Waals surface area (Å²) in [5.74, 6) is -0.663. The molecule has 11 nitrogen and oxygen atoms in total. The zero-order valence-electron chi connectivity index (χ0n) is 23.0. The molecule has 0 spiro atoms. The molecule has 4 aromatic rings. The number of aromatic nitrogens is 3. The van der Waals surface area contributed by atoms with E-state index in [1.807, 2.05) is 28.0 Å². The van der Waals surface area contributed by atoms with E-state index in [0.717, 1.165) is 23.2 Å². The SMILES string of the molecule is O=C(NCc1cc2nc(N3CCOc4cc(N5CC(F)C5)cnc43)ccc2cn1)c1cc(F)c2c(c1)S(=O)(=O)[C@@H](F)CCO2. The molecule has 0 aliphatic carbocycles. The lowest BCUT2D eigenvalue weighted by molar-refractivity contribution is 0.0949. The normalized spacial score (nSPS) is 19.2. The maximum atomic E-state index is 14.7. The van der Waals surface area contributed by atoms with Crippen LogP contribution in [0.15, 0.2) is 53.7 Å². The lowest BCUT2D eigenvalue weighted by Gasteiger charge is -2.37. The number of nitrogens with one attached hydrogen (secondary N) is 1. The van der Waals surface area contributed by atoms with Crippen molar-refractivity contribution in [1.29, 1.82) is 0 Å². The number of halogens is 3. The molecule has 3 aliphatic rings. The molecule has 1 amide bonds. The maximum Gasteiger partial charge on any atom is 0.251 e. The molecule has 1 saturated heterocycles. The van der Waals surface area contributed by atoms with Gasteiger partial charge in [-0.1, -0.05) is 0 Å². The van der Waals surface area contributed by atoms with Crippen LogP contribution in [0.25, 0.3) is 10.9 Å². The number of hydrogen-bond acceptors (Lipinski definition) is 10. The largest absolute Gasteiger partial charge is 0.489 e. The van der Waals surface area contributed by atoms with E-state index in [2.05, 4.69) is 15.3 Å². The van der Waals surface area contributed by atoms with Gasteiger partial charge < -0.3 is 24.6 Å². The Bertz CT molecular complexity index is 1910. The zero-order chi connectivity index (χ0) is 30.6. The second kappa shape index (κ2) is 10.8. The van der Waals surface area contributed by atoms with Crippen LogP contribution >= 0.6 is 0 Å². The van der Waals surface area contributed by atoms with Gasteiger partial charge in [-0.2, -0.15) is 0 Å². The Hall–Kier alpha value is -4.66. The molecule has 0 unspecified atom stereocenters. The van der Waals surface area contributed by atoms with Gasteiger partial charge in [0, 0.05) is 29.6 Å². The molecule has 3 aliphatic heterocycles. The topological polar surface area (TPSA) is 127 Å². The Morgan fingerprint density at radius 3 is 2.70 bits per heavy atom. The number of carbonyl (C=O) groups excluding carboxylic acids is 1. The minimum atomic E-state index is -4.53. The predicted molar refractivity (Wildman–Crippen MR) is 153 cm³/mol. The van der Waals surface area contributed by atoms with Gasteiger partial charge in [-0.05, 0) is 30.3 Å². The van der Waals surface area contributed by atoms with Crippen molar-refractivity contribution in [3.63, 3.8) is 0 Å². The Morgan fingerprint density at radius 2 is 1.89 bits per heavy atom. The summed E-state index contributed by atoms with van der Waals surface area (Å²) < 4.78 is 78.3. The van der Waals surface area contributed by atoms with Crippen LogP contribution in [-0.2, 0) is 16.4 Å². The summed E-state index contributed by atoms with van der Waals surface area (Å²) >= 11 is 0. The van der Waals surface area contributed by atoms with Gasteiger partial charge >= 0.3 is 0 Å². The second-order valence-electron chi connectivity index (χ2n) is 10.6. The molecule has 0 bridgehead atoms. The van der Waals surface area contributed by atoms with Crippen LogP contribution in [0.4, 0.5) is 30.5 Å².